The lowest BCUT2D eigenvalue weighted by molar-refractivity contribution is -0.119. The third-order valence-corrected chi connectivity index (χ3v) is 5.89. The lowest BCUT2D eigenvalue weighted by atomic mass is 10.0. The summed E-state index contributed by atoms with van der Waals surface area (Å²) < 4.78 is 0. The maximum Gasteiger partial charge on any atom is 0.241 e. The van der Waals surface area contributed by atoms with Crippen LogP contribution >= 0.6 is 11.6 Å². The molecule has 2 heterocycles. The van der Waals surface area contributed by atoms with E-state index in [1.54, 1.807) is 0 Å². The zero-order valence-corrected chi connectivity index (χ0v) is 16.6. The molecule has 4 nitrogen and oxygen atoms in total. The molecular weight excluding hydrogens is 358 g/mol. The second kappa shape index (κ2) is 7.91. The maximum atomic E-state index is 12.9. The van der Waals surface area contributed by atoms with Gasteiger partial charge in [0.1, 0.15) is 0 Å². The summed E-state index contributed by atoms with van der Waals surface area (Å²) in [5, 5.41) is 0.775. The molecule has 0 radical (unpaired) electrons. The number of aryl methyl sites for hydroxylation is 2. The van der Waals surface area contributed by atoms with Crippen LogP contribution in [0.25, 0.3) is 0 Å². The van der Waals surface area contributed by atoms with E-state index in [2.05, 4.69) is 41.0 Å². The van der Waals surface area contributed by atoms with Gasteiger partial charge < -0.3 is 9.80 Å². The summed E-state index contributed by atoms with van der Waals surface area (Å²) >= 11 is 6.17. The molecule has 0 saturated carbocycles. The molecule has 0 aliphatic carbocycles. The van der Waals surface area contributed by atoms with Crippen LogP contribution in [0.5, 0.6) is 0 Å². The summed E-state index contributed by atoms with van der Waals surface area (Å²) in [4.78, 5) is 19.6. The number of anilines is 2. The highest BCUT2D eigenvalue weighted by Crippen LogP contribution is 2.28. The Morgan fingerprint density at radius 1 is 1.00 bits per heavy atom. The second-order valence-electron chi connectivity index (χ2n) is 7.47. The predicted molar refractivity (Wildman–Crippen MR) is 112 cm³/mol. The highest BCUT2D eigenvalue weighted by molar-refractivity contribution is 6.30. The molecule has 0 atom stereocenters. The van der Waals surface area contributed by atoms with Crippen LogP contribution in [0.4, 0.5) is 11.4 Å². The second-order valence-corrected chi connectivity index (χ2v) is 7.91. The minimum atomic E-state index is 0.217. The van der Waals surface area contributed by atoms with Crippen molar-refractivity contribution in [2.24, 2.45) is 0 Å². The molecule has 0 unspecified atom stereocenters. The van der Waals surface area contributed by atoms with Crippen LogP contribution in [0.2, 0.25) is 5.02 Å². The van der Waals surface area contributed by atoms with Crippen molar-refractivity contribution in [2.75, 3.05) is 49.1 Å². The van der Waals surface area contributed by atoms with Crippen LogP contribution in [-0.4, -0.2) is 50.1 Å². The van der Waals surface area contributed by atoms with Crippen LogP contribution in [0.3, 0.4) is 0 Å². The molecule has 5 heteroatoms. The number of carbonyl (C=O) groups is 1. The van der Waals surface area contributed by atoms with Gasteiger partial charge in [0.05, 0.1) is 6.54 Å². The van der Waals surface area contributed by atoms with Crippen LogP contribution in [0.15, 0.2) is 42.5 Å². The monoisotopic (exact) mass is 383 g/mol. The number of fused-ring (bicyclic) bond motifs is 1. The van der Waals surface area contributed by atoms with Gasteiger partial charge in [0, 0.05) is 49.1 Å². The minimum absolute atomic E-state index is 0.217. The normalized spacial score (nSPS) is 17.7. The van der Waals surface area contributed by atoms with E-state index in [4.69, 9.17) is 11.6 Å². The number of piperazine rings is 1. The highest BCUT2D eigenvalue weighted by atomic mass is 35.5. The lowest BCUT2D eigenvalue weighted by Gasteiger charge is -2.38. The van der Waals surface area contributed by atoms with Crippen LogP contribution in [0.1, 0.15) is 17.5 Å². The number of rotatable bonds is 3. The fourth-order valence-electron chi connectivity index (χ4n) is 4.14. The van der Waals surface area contributed by atoms with E-state index < -0.39 is 0 Å². The summed E-state index contributed by atoms with van der Waals surface area (Å²) in [5.41, 5.74) is 4.84. The number of halogens is 1. The molecule has 142 valence electrons. The van der Waals surface area contributed by atoms with Gasteiger partial charge in [0.2, 0.25) is 5.91 Å². The molecule has 4 rings (SSSR count). The molecule has 2 aliphatic heterocycles. The molecule has 1 amide bonds. The molecular formula is C22H26ClN3O. The van der Waals surface area contributed by atoms with Gasteiger partial charge in [0.15, 0.2) is 0 Å². The Morgan fingerprint density at radius 3 is 2.59 bits per heavy atom. The molecule has 2 aliphatic rings. The zero-order chi connectivity index (χ0) is 18.8. The minimum Gasteiger partial charge on any atom is -0.369 e. The van der Waals surface area contributed by atoms with Gasteiger partial charge in [-0.15, -0.1) is 0 Å². The van der Waals surface area contributed by atoms with Gasteiger partial charge in [-0.05, 0) is 49.1 Å². The van der Waals surface area contributed by atoms with Gasteiger partial charge in [-0.1, -0.05) is 35.9 Å². The average molecular weight is 384 g/mol. The standard InChI is InChI=1S/C22H26ClN3O/c1-17-8-9-19(23)15-21(17)25-13-11-24(12-14-25)16-22(27)26-10-4-6-18-5-2-3-7-20(18)26/h2-3,5,7-9,15H,4,6,10-14,16H2,1H3. The third-order valence-electron chi connectivity index (χ3n) is 5.65. The summed E-state index contributed by atoms with van der Waals surface area (Å²) in [6.07, 6.45) is 2.11. The Morgan fingerprint density at radius 2 is 1.78 bits per heavy atom. The van der Waals surface area contributed by atoms with Crippen LogP contribution < -0.4 is 9.80 Å². The van der Waals surface area contributed by atoms with Crippen molar-refractivity contribution in [3.05, 3.63) is 58.6 Å². The molecule has 2 aromatic carbocycles. The highest BCUT2D eigenvalue weighted by Gasteiger charge is 2.26. The maximum absolute atomic E-state index is 12.9. The Kier molecular flexibility index (Phi) is 5.37. The van der Waals surface area contributed by atoms with Crippen molar-refractivity contribution in [3.63, 3.8) is 0 Å². The molecule has 27 heavy (non-hydrogen) atoms. The smallest absolute Gasteiger partial charge is 0.241 e. The largest absolute Gasteiger partial charge is 0.369 e. The van der Waals surface area contributed by atoms with Gasteiger partial charge in [-0.3, -0.25) is 9.69 Å². The van der Waals surface area contributed by atoms with E-state index in [9.17, 15) is 4.79 Å². The molecule has 0 aromatic heterocycles. The average Bonchev–Trinajstić information content (AvgIpc) is 2.70. The van der Waals surface area contributed by atoms with E-state index in [1.807, 2.05) is 23.1 Å². The Bertz CT molecular complexity index is 830. The first-order chi connectivity index (χ1) is 13.1. The molecule has 0 bridgehead atoms. The predicted octanol–water partition coefficient (Wildman–Crippen LogP) is 3.75. The Labute approximate surface area is 166 Å². The van der Waals surface area contributed by atoms with Gasteiger partial charge >= 0.3 is 0 Å². The number of carbonyl (C=O) groups excluding carboxylic acids is 1. The number of nitrogens with zero attached hydrogens (tertiary/aromatic N) is 3. The summed E-state index contributed by atoms with van der Waals surface area (Å²) in [6.45, 7) is 7.08. The fourth-order valence-corrected chi connectivity index (χ4v) is 4.31. The SMILES string of the molecule is Cc1ccc(Cl)cc1N1CCN(CC(=O)N2CCCc3ccccc32)CC1. The number of amides is 1. The van der Waals surface area contributed by atoms with E-state index in [-0.39, 0.29) is 5.91 Å². The lowest BCUT2D eigenvalue weighted by Crippen LogP contribution is -2.51. The summed E-state index contributed by atoms with van der Waals surface area (Å²) in [6, 6.07) is 14.4. The van der Waals surface area contributed by atoms with Crippen molar-refractivity contribution in [1.29, 1.82) is 0 Å². The van der Waals surface area contributed by atoms with E-state index >= 15 is 0 Å². The molecule has 2 aromatic rings. The van der Waals surface area contributed by atoms with E-state index in [0.717, 1.165) is 56.3 Å². The summed E-state index contributed by atoms with van der Waals surface area (Å²) in [7, 11) is 0. The Balaban J connectivity index is 1.37. The number of hydrogen-bond acceptors (Lipinski definition) is 3. The van der Waals surface area contributed by atoms with Crippen molar-refractivity contribution < 1.29 is 4.79 Å². The first-order valence-electron chi connectivity index (χ1n) is 9.73. The number of para-hydroxylation sites is 1. The topological polar surface area (TPSA) is 26.8 Å². The molecule has 1 saturated heterocycles. The van der Waals surface area contributed by atoms with E-state index in [0.29, 0.717) is 6.54 Å². The van der Waals surface area contributed by atoms with Crippen molar-refractivity contribution in [3.8, 4) is 0 Å². The molecule has 0 spiro atoms. The third kappa shape index (κ3) is 3.97. The fraction of sp³-hybridized carbons (Fsp3) is 0.409. The first-order valence-corrected chi connectivity index (χ1v) is 10.1. The van der Waals surface area contributed by atoms with Crippen molar-refractivity contribution in [1.82, 2.24) is 4.90 Å². The van der Waals surface area contributed by atoms with Gasteiger partial charge in [-0.25, -0.2) is 0 Å². The molecule has 0 N–H and O–H groups in total. The quantitative estimate of drug-likeness (QED) is 0.807. The van der Waals surface area contributed by atoms with Crippen LogP contribution in [-0.2, 0) is 11.2 Å². The summed E-state index contributed by atoms with van der Waals surface area (Å²) in [5.74, 6) is 0.217. The molecule has 1 fully saturated rings. The zero-order valence-electron chi connectivity index (χ0n) is 15.8. The van der Waals surface area contributed by atoms with Crippen LogP contribution in [0, 0.1) is 6.92 Å². The number of hydrogen-bond donors (Lipinski definition) is 0. The van der Waals surface area contributed by atoms with E-state index in [1.165, 1.54) is 16.8 Å². The van der Waals surface area contributed by atoms with Crippen molar-refractivity contribution >= 4 is 28.9 Å². The van der Waals surface area contributed by atoms with Gasteiger partial charge in [-0.2, -0.15) is 0 Å². The Hall–Kier alpha value is -2.04. The number of benzene rings is 2. The van der Waals surface area contributed by atoms with Crippen molar-refractivity contribution in [2.45, 2.75) is 19.8 Å². The first kappa shape index (κ1) is 18.3. The van der Waals surface area contributed by atoms with Gasteiger partial charge in [0.25, 0.3) is 0 Å².